The number of halogens is 1. The second kappa shape index (κ2) is 5.24. The summed E-state index contributed by atoms with van der Waals surface area (Å²) >= 11 is 4.36. The van der Waals surface area contributed by atoms with Crippen molar-refractivity contribution in [3.05, 3.63) is 32.7 Å². The SMILES string of the molecule is Cc1ccsc1C(=O)N1C=C(Br)N=C(C(=O)O)C1N. The summed E-state index contributed by atoms with van der Waals surface area (Å²) in [5.74, 6) is -1.59. The average molecular weight is 344 g/mol. The molecule has 0 saturated carbocycles. The molecule has 3 N–H and O–H groups in total. The summed E-state index contributed by atoms with van der Waals surface area (Å²) in [5.41, 5.74) is 6.32. The molecule has 100 valence electrons. The molecule has 0 fully saturated rings. The van der Waals surface area contributed by atoms with Gasteiger partial charge in [0.2, 0.25) is 0 Å². The molecule has 1 atom stereocenters. The Labute approximate surface area is 121 Å². The molecule has 1 unspecified atom stereocenters. The van der Waals surface area contributed by atoms with Gasteiger partial charge in [0.25, 0.3) is 5.91 Å². The molecule has 19 heavy (non-hydrogen) atoms. The largest absolute Gasteiger partial charge is 0.477 e. The summed E-state index contributed by atoms with van der Waals surface area (Å²) in [4.78, 5) is 28.9. The first-order chi connectivity index (χ1) is 8.91. The van der Waals surface area contributed by atoms with Crippen molar-refractivity contribution in [3.63, 3.8) is 0 Å². The number of thiophene rings is 1. The van der Waals surface area contributed by atoms with E-state index in [1.807, 2.05) is 13.0 Å². The molecule has 0 aromatic carbocycles. The van der Waals surface area contributed by atoms with E-state index in [1.165, 1.54) is 22.4 Å². The number of carbonyl (C=O) groups excluding carboxylic acids is 1. The number of aliphatic carboxylic acids is 1. The molecule has 2 heterocycles. The van der Waals surface area contributed by atoms with E-state index in [0.29, 0.717) is 4.88 Å². The molecule has 0 aliphatic carbocycles. The van der Waals surface area contributed by atoms with Gasteiger partial charge in [0.15, 0.2) is 5.71 Å². The lowest BCUT2D eigenvalue weighted by atomic mass is 10.2. The van der Waals surface area contributed by atoms with Crippen LogP contribution in [0.2, 0.25) is 0 Å². The van der Waals surface area contributed by atoms with Crippen molar-refractivity contribution in [2.45, 2.75) is 13.1 Å². The van der Waals surface area contributed by atoms with Gasteiger partial charge in [-0.2, -0.15) is 0 Å². The van der Waals surface area contributed by atoms with E-state index in [4.69, 9.17) is 10.8 Å². The van der Waals surface area contributed by atoms with E-state index in [0.717, 1.165) is 5.56 Å². The fraction of sp³-hybridized carbons (Fsp3) is 0.182. The first-order valence-electron chi connectivity index (χ1n) is 5.23. The number of aryl methyl sites for hydroxylation is 1. The van der Waals surface area contributed by atoms with Crippen LogP contribution in [0.1, 0.15) is 15.2 Å². The summed E-state index contributed by atoms with van der Waals surface area (Å²) in [7, 11) is 0. The molecule has 0 bridgehead atoms. The van der Waals surface area contributed by atoms with Crippen LogP contribution in [-0.4, -0.2) is 33.8 Å². The molecule has 0 radical (unpaired) electrons. The number of rotatable bonds is 2. The molecule has 1 aromatic heterocycles. The minimum atomic E-state index is -1.25. The van der Waals surface area contributed by atoms with Gasteiger partial charge < -0.3 is 10.8 Å². The van der Waals surface area contributed by atoms with Crippen LogP contribution in [0.15, 0.2) is 27.2 Å². The lowest BCUT2D eigenvalue weighted by Crippen LogP contribution is -2.52. The van der Waals surface area contributed by atoms with Crippen LogP contribution in [0.5, 0.6) is 0 Å². The molecule has 1 aromatic rings. The molecule has 2 rings (SSSR count). The fourth-order valence-electron chi connectivity index (χ4n) is 1.61. The number of amides is 1. The number of carboxylic acids is 1. The average Bonchev–Trinajstić information content (AvgIpc) is 2.76. The van der Waals surface area contributed by atoms with Crippen LogP contribution in [0.25, 0.3) is 0 Å². The van der Waals surface area contributed by atoms with Gasteiger partial charge in [-0.25, -0.2) is 9.79 Å². The molecular formula is C11H10BrN3O3S. The van der Waals surface area contributed by atoms with E-state index in [-0.39, 0.29) is 16.2 Å². The summed E-state index contributed by atoms with van der Waals surface area (Å²) in [6.45, 7) is 1.81. The van der Waals surface area contributed by atoms with Crippen LogP contribution in [0.3, 0.4) is 0 Å². The van der Waals surface area contributed by atoms with E-state index in [1.54, 1.807) is 5.38 Å². The Kier molecular flexibility index (Phi) is 3.83. The van der Waals surface area contributed by atoms with Crippen molar-refractivity contribution in [2.75, 3.05) is 0 Å². The van der Waals surface area contributed by atoms with Gasteiger partial charge in [0.1, 0.15) is 10.8 Å². The van der Waals surface area contributed by atoms with E-state index in [9.17, 15) is 9.59 Å². The summed E-state index contributed by atoms with van der Waals surface area (Å²) < 4.78 is 0.245. The van der Waals surface area contributed by atoms with Crippen molar-refractivity contribution in [1.29, 1.82) is 0 Å². The highest BCUT2D eigenvalue weighted by Crippen LogP contribution is 2.23. The first-order valence-corrected chi connectivity index (χ1v) is 6.90. The second-order valence-corrected chi connectivity index (χ2v) is 5.57. The van der Waals surface area contributed by atoms with Crippen molar-refractivity contribution in [1.82, 2.24) is 4.90 Å². The zero-order valence-corrected chi connectivity index (χ0v) is 12.2. The molecule has 0 spiro atoms. The predicted molar refractivity (Wildman–Crippen MR) is 75.3 cm³/mol. The molecule has 0 saturated heterocycles. The van der Waals surface area contributed by atoms with Crippen LogP contribution in [-0.2, 0) is 4.79 Å². The van der Waals surface area contributed by atoms with Gasteiger partial charge in [-0.1, -0.05) is 0 Å². The Hall–Kier alpha value is -1.51. The topological polar surface area (TPSA) is 96.0 Å². The number of carbonyl (C=O) groups is 2. The van der Waals surface area contributed by atoms with Gasteiger partial charge >= 0.3 is 5.97 Å². The first kappa shape index (κ1) is 13.9. The molecular weight excluding hydrogens is 334 g/mol. The van der Waals surface area contributed by atoms with E-state index in [2.05, 4.69) is 20.9 Å². The molecule has 6 nitrogen and oxygen atoms in total. The molecule has 1 amide bonds. The van der Waals surface area contributed by atoms with Crippen LogP contribution in [0, 0.1) is 6.92 Å². The lowest BCUT2D eigenvalue weighted by molar-refractivity contribution is -0.129. The molecule has 1 aliphatic rings. The Bertz CT molecular complexity index is 608. The third-order valence-electron chi connectivity index (χ3n) is 2.56. The second-order valence-electron chi connectivity index (χ2n) is 3.84. The molecule has 8 heteroatoms. The van der Waals surface area contributed by atoms with Gasteiger partial charge in [0.05, 0.1) is 4.88 Å². The Morgan fingerprint density at radius 2 is 2.26 bits per heavy atom. The quantitative estimate of drug-likeness (QED) is 0.795. The van der Waals surface area contributed by atoms with Gasteiger partial charge in [-0.15, -0.1) is 11.3 Å². The maximum atomic E-state index is 12.3. The van der Waals surface area contributed by atoms with Crippen molar-refractivity contribution >= 4 is 44.9 Å². The number of hydrogen-bond donors (Lipinski definition) is 2. The summed E-state index contributed by atoms with van der Waals surface area (Å²) in [6.07, 6.45) is 0.284. The smallest absolute Gasteiger partial charge is 0.353 e. The highest BCUT2D eigenvalue weighted by Gasteiger charge is 2.32. The van der Waals surface area contributed by atoms with Crippen LogP contribution in [0.4, 0.5) is 0 Å². The lowest BCUT2D eigenvalue weighted by Gasteiger charge is -2.28. The van der Waals surface area contributed by atoms with Crippen LogP contribution < -0.4 is 5.73 Å². The number of carboxylic acid groups (broad SMARTS) is 1. The summed E-state index contributed by atoms with van der Waals surface area (Å²) in [5, 5.41) is 10.8. The zero-order chi connectivity index (χ0) is 14.2. The number of nitrogens with two attached hydrogens (primary N) is 1. The Morgan fingerprint density at radius 1 is 1.58 bits per heavy atom. The Balaban J connectivity index is 2.37. The molecule has 1 aliphatic heterocycles. The Morgan fingerprint density at radius 3 is 2.79 bits per heavy atom. The highest BCUT2D eigenvalue weighted by atomic mass is 79.9. The van der Waals surface area contributed by atoms with Crippen molar-refractivity contribution in [2.24, 2.45) is 10.7 Å². The van der Waals surface area contributed by atoms with E-state index < -0.39 is 12.1 Å². The summed E-state index contributed by atoms with van der Waals surface area (Å²) in [6, 6.07) is 1.82. The third kappa shape index (κ3) is 2.60. The van der Waals surface area contributed by atoms with Gasteiger partial charge in [-0.05, 0) is 39.9 Å². The minimum Gasteiger partial charge on any atom is -0.477 e. The maximum absolute atomic E-state index is 12.3. The standard InChI is InChI=1S/C11H10BrN3O3S/c1-5-2-3-19-8(5)10(16)15-4-6(12)14-7(9(15)13)11(17)18/h2-4,9H,13H2,1H3,(H,17,18). The van der Waals surface area contributed by atoms with Crippen LogP contribution >= 0.6 is 27.3 Å². The van der Waals surface area contributed by atoms with Gasteiger partial charge in [-0.3, -0.25) is 9.69 Å². The third-order valence-corrected chi connectivity index (χ3v) is 3.95. The monoisotopic (exact) mass is 343 g/mol. The maximum Gasteiger partial charge on any atom is 0.353 e. The van der Waals surface area contributed by atoms with Gasteiger partial charge in [0, 0.05) is 6.20 Å². The van der Waals surface area contributed by atoms with Crippen molar-refractivity contribution < 1.29 is 14.7 Å². The minimum absolute atomic E-state index is 0.245. The fourth-order valence-corrected chi connectivity index (χ4v) is 2.89. The van der Waals surface area contributed by atoms with Crippen molar-refractivity contribution in [3.8, 4) is 0 Å². The zero-order valence-electron chi connectivity index (χ0n) is 9.83. The number of hydrogen-bond acceptors (Lipinski definition) is 5. The number of aliphatic imine (C=N–C) groups is 1. The normalized spacial score (nSPS) is 18.9. The van der Waals surface area contributed by atoms with E-state index >= 15 is 0 Å². The predicted octanol–water partition coefficient (Wildman–Crippen LogP) is 1.52. The number of nitrogens with zero attached hydrogens (tertiary/aromatic N) is 2. The highest BCUT2D eigenvalue weighted by molar-refractivity contribution is 9.11.